The van der Waals surface area contributed by atoms with Crippen LogP contribution in [-0.2, 0) is 6.54 Å². The Morgan fingerprint density at radius 1 is 1.00 bits per heavy atom. The molecule has 0 saturated carbocycles. The van der Waals surface area contributed by atoms with Gasteiger partial charge in [-0.1, -0.05) is 48.2 Å². The summed E-state index contributed by atoms with van der Waals surface area (Å²) in [5.41, 5.74) is 5.45. The molecule has 0 unspecified atom stereocenters. The standard InChI is InChI=1S/C23H18BrNO/c24-23-21(16-26)20-11-4-5-12-22(20)25(23)15-19-10-6-9-18(19)14-13-17-7-2-1-3-8-17/h1-5,7-8,11-12,16H,6,9-10,15H2. The third-order valence-electron chi connectivity index (χ3n) is 4.87. The number of aldehydes is 1. The van der Waals surface area contributed by atoms with Crippen LogP contribution in [0.15, 0.2) is 70.3 Å². The highest BCUT2D eigenvalue weighted by atomic mass is 79.9. The van der Waals surface area contributed by atoms with Crippen molar-refractivity contribution in [1.29, 1.82) is 0 Å². The van der Waals surface area contributed by atoms with Gasteiger partial charge in [-0.25, -0.2) is 0 Å². The number of fused-ring (bicyclic) bond motifs is 1. The zero-order valence-electron chi connectivity index (χ0n) is 14.3. The van der Waals surface area contributed by atoms with Crippen molar-refractivity contribution in [1.82, 2.24) is 4.57 Å². The first kappa shape index (κ1) is 16.9. The predicted molar refractivity (Wildman–Crippen MR) is 109 cm³/mol. The van der Waals surface area contributed by atoms with Gasteiger partial charge in [0.15, 0.2) is 6.29 Å². The molecule has 0 atom stereocenters. The van der Waals surface area contributed by atoms with E-state index in [-0.39, 0.29) is 0 Å². The number of aromatic nitrogens is 1. The van der Waals surface area contributed by atoms with E-state index >= 15 is 0 Å². The molecule has 1 aliphatic rings. The lowest BCUT2D eigenvalue weighted by atomic mass is 10.1. The molecule has 1 aromatic heterocycles. The molecule has 0 saturated heterocycles. The van der Waals surface area contributed by atoms with E-state index in [0.29, 0.717) is 0 Å². The molecule has 0 N–H and O–H groups in total. The van der Waals surface area contributed by atoms with Crippen LogP contribution in [-0.4, -0.2) is 10.9 Å². The molecule has 1 aliphatic carbocycles. The van der Waals surface area contributed by atoms with Gasteiger partial charge in [0.05, 0.1) is 10.2 Å². The van der Waals surface area contributed by atoms with Crippen LogP contribution in [0.2, 0.25) is 0 Å². The Morgan fingerprint density at radius 2 is 1.77 bits per heavy atom. The van der Waals surface area contributed by atoms with Crippen molar-refractivity contribution in [3.8, 4) is 11.8 Å². The van der Waals surface area contributed by atoms with E-state index in [1.54, 1.807) is 0 Å². The maximum Gasteiger partial charge on any atom is 0.153 e. The number of carbonyl (C=O) groups is 1. The van der Waals surface area contributed by atoms with Crippen molar-refractivity contribution in [2.45, 2.75) is 25.8 Å². The van der Waals surface area contributed by atoms with Gasteiger partial charge in [0.2, 0.25) is 0 Å². The van der Waals surface area contributed by atoms with E-state index in [9.17, 15) is 4.79 Å². The number of halogens is 1. The highest BCUT2D eigenvalue weighted by Gasteiger charge is 2.18. The van der Waals surface area contributed by atoms with Gasteiger partial charge in [-0.15, -0.1) is 0 Å². The van der Waals surface area contributed by atoms with Crippen molar-refractivity contribution in [2.75, 3.05) is 0 Å². The fraction of sp³-hybridized carbons (Fsp3) is 0.174. The van der Waals surface area contributed by atoms with Crippen molar-refractivity contribution in [2.24, 2.45) is 0 Å². The molecule has 0 aliphatic heterocycles. The van der Waals surface area contributed by atoms with E-state index in [1.807, 2.05) is 48.5 Å². The van der Waals surface area contributed by atoms with Gasteiger partial charge in [-0.3, -0.25) is 4.79 Å². The van der Waals surface area contributed by atoms with Gasteiger partial charge in [0, 0.05) is 28.6 Å². The highest BCUT2D eigenvalue weighted by Crippen LogP contribution is 2.33. The van der Waals surface area contributed by atoms with E-state index < -0.39 is 0 Å². The number of hydrogen-bond donors (Lipinski definition) is 0. The second kappa shape index (κ2) is 7.35. The smallest absolute Gasteiger partial charge is 0.153 e. The molecule has 4 rings (SSSR count). The van der Waals surface area contributed by atoms with Crippen LogP contribution in [0.4, 0.5) is 0 Å². The van der Waals surface area contributed by atoms with Crippen LogP contribution in [0.1, 0.15) is 35.2 Å². The Labute approximate surface area is 161 Å². The zero-order valence-corrected chi connectivity index (χ0v) is 15.9. The number of benzene rings is 2. The number of hydrogen-bond acceptors (Lipinski definition) is 1. The lowest BCUT2D eigenvalue weighted by Crippen LogP contribution is -2.01. The SMILES string of the molecule is O=Cc1c(Br)n(CC2=C(C#Cc3ccccc3)CCC2)c2ccccc12. The molecule has 0 fully saturated rings. The van der Waals surface area contributed by atoms with Crippen molar-refractivity contribution >= 4 is 33.1 Å². The molecular weight excluding hydrogens is 386 g/mol. The molecule has 2 aromatic carbocycles. The summed E-state index contributed by atoms with van der Waals surface area (Å²) in [6, 6.07) is 18.2. The van der Waals surface area contributed by atoms with Crippen LogP contribution in [0.25, 0.3) is 10.9 Å². The molecule has 0 amide bonds. The van der Waals surface area contributed by atoms with Crippen LogP contribution >= 0.6 is 15.9 Å². The Hall–Kier alpha value is -2.57. The second-order valence-electron chi connectivity index (χ2n) is 6.48. The van der Waals surface area contributed by atoms with Gasteiger partial charge in [0.25, 0.3) is 0 Å². The summed E-state index contributed by atoms with van der Waals surface area (Å²) in [7, 11) is 0. The van der Waals surface area contributed by atoms with Gasteiger partial charge >= 0.3 is 0 Å². The Bertz CT molecular complexity index is 1060. The van der Waals surface area contributed by atoms with E-state index in [1.165, 1.54) is 11.1 Å². The monoisotopic (exact) mass is 403 g/mol. The molecule has 0 spiro atoms. The van der Waals surface area contributed by atoms with Crippen molar-refractivity contribution in [3.63, 3.8) is 0 Å². The van der Waals surface area contributed by atoms with Crippen molar-refractivity contribution < 1.29 is 4.79 Å². The predicted octanol–water partition coefficient (Wildman–Crippen LogP) is 5.75. The van der Waals surface area contributed by atoms with E-state index in [2.05, 4.69) is 38.4 Å². The summed E-state index contributed by atoms with van der Waals surface area (Å²) in [5.74, 6) is 6.67. The van der Waals surface area contributed by atoms with Gasteiger partial charge in [-0.05, 0) is 59.0 Å². The first-order valence-corrected chi connectivity index (χ1v) is 9.57. The maximum absolute atomic E-state index is 11.5. The molecule has 3 heteroatoms. The summed E-state index contributed by atoms with van der Waals surface area (Å²) in [4.78, 5) is 11.5. The molecule has 1 heterocycles. The topological polar surface area (TPSA) is 22.0 Å². The molecular formula is C23H18BrNO. The first-order valence-electron chi connectivity index (χ1n) is 8.78. The third kappa shape index (κ3) is 3.13. The van der Waals surface area contributed by atoms with Gasteiger partial charge in [0.1, 0.15) is 0 Å². The summed E-state index contributed by atoms with van der Waals surface area (Å²) in [5, 5.41) is 0.991. The minimum Gasteiger partial charge on any atom is -0.330 e. The summed E-state index contributed by atoms with van der Waals surface area (Å²) >= 11 is 3.63. The lowest BCUT2D eigenvalue weighted by Gasteiger charge is -2.09. The number of carbonyl (C=O) groups excluding carboxylic acids is 1. The highest BCUT2D eigenvalue weighted by molar-refractivity contribution is 9.10. The fourth-order valence-corrected chi connectivity index (χ4v) is 4.18. The normalized spacial score (nSPS) is 13.7. The van der Waals surface area contributed by atoms with Crippen molar-refractivity contribution in [3.05, 3.63) is 81.5 Å². The molecule has 2 nitrogen and oxygen atoms in total. The zero-order chi connectivity index (χ0) is 17.9. The molecule has 3 aromatic rings. The van der Waals surface area contributed by atoms with Gasteiger partial charge in [-0.2, -0.15) is 0 Å². The Kier molecular flexibility index (Phi) is 4.77. The number of allylic oxidation sites excluding steroid dienone is 2. The maximum atomic E-state index is 11.5. The number of rotatable bonds is 3. The Balaban J connectivity index is 1.73. The molecule has 0 bridgehead atoms. The third-order valence-corrected chi connectivity index (χ3v) is 5.73. The summed E-state index contributed by atoms with van der Waals surface area (Å²) in [6.07, 6.45) is 4.17. The second-order valence-corrected chi connectivity index (χ2v) is 7.23. The average molecular weight is 404 g/mol. The van der Waals surface area contributed by atoms with Gasteiger partial charge < -0.3 is 4.57 Å². The molecule has 0 radical (unpaired) electrons. The molecule has 128 valence electrons. The van der Waals surface area contributed by atoms with Crippen LogP contribution in [0.3, 0.4) is 0 Å². The van der Waals surface area contributed by atoms with E-state index in [4.69, 9.17) is 0 Å². The first-order chi connectivity index (χ1) is 12.8. The fourth-order valence-electron chi connectivity index (χ4n) is 3.56. The number of para-hydroxylation sites is 1. The van der Waals surface area contributed by atoms with E-state index in [0.717, 1.165) is 58.7 Å². The quantitative estimate of drug-likeness (QED) is 0.403. The minimum atomic E-state index is 0.719. The molecule has 26 heavy (non-hydrogen) atoms. The summed E-state index contributed by atoms with van der Waals surface area (Å²) in [6.45, 7) is 0.772. The number of nitrogens with zero attached hydrogens (tertiary/aromatic N) is 1. The lowest BCUT2D eigenvalue weighted by molar-refractivity contribution is 0.112. The van der Waals surface area contributed by atoms with Crippen LogP contribution < -0.4 is 0 Å². The van der Waals surface area contributed by atoms with Crippen LogP contribution in [0.5, 0.6) is 0 Å². The largest absolute Gasteiger partial charge is 0.330 e. The minimum absolute atomic E-state index is 0.719. The van der Waals surface area contributed by atoms with Crippen LogP contribution in [0, 0.1) is 11.8 Å². The summed E-state index contributed by atoms with van der Waals surface area (Å²) < 4.78 is 3.03. The Morgan fingerprint density at radius 3 is 2.58 bits per heavy atom. The average Bonchev–Trinajstić information content (AvgIpc) is 3.23.